The van der Waals surface area contributed by atoms with Crippen molar-refractivity contribution < 1.29 is 41.7 Å². The van der Waals surface area contributed by atoms with Gasteiger partial charge in [0.15, 0.2) is 6.29 Å². The molecule has 2 aliphatic carbocycles. The zero-order valence-corrected chi connectivity index (χ0v) is 35.2. The lowest BCUT2D eigenvalue weighted by Crippen LogP contribution is -2.59. The Morgan fingerprint density at radius 1 is 1.09 bits per heavy atom. The highest BCUT2D eigenvalue weighted by Crippen LogP contribution is 2.47. The van der Waals surface area contributed by atoms with Gasteiger partial charge < -0.3 is 29.2 Å². The van der Waals surface area contributed by atoms with Crippen LogP contribution >= 0.6 is 11.3 Å². The third-order valence-electron chi connectivity index (χ3n) is 11.9. The molecule has 3 amide bonds. The van der Waals surface area contributed by atoms with Gasteiger partial charge in [0.1, 0.15) is 46.5 Å². The molecule has 2 aromatic heterocycles. The van der Waals surface area contributed by atoms with E-state index >= 15 is 0 Å². The molecule has 0 radical (unpaired) electrons. The Hall–Kier alpha value is -4.12. The Kier molecular flexibility index (Phi) is 11.5. The summed E-state index contributed by atoms with van der Waals surface area (Å²) in [6.07, 6.45) is 2.99. The molecule has 7 rings (SSSR count). The number of pyridine rings is 1. The molecule has 14 nitrogen and oxygen atoms in total. The molecular formula is C41H53N5O9S2. The van der Waals surface area contributed by atoms with E-state index in [-0.39, 0.29) is 43.1 Å². The fourth-order valence-corrected chi connectivity index (χ4v) is 10.5. The number of fused-ring (bicyclic) bond motifs is 2. The summed E-state index contributed by atoms with van der Waals surface area (Å²) in [4.78, 5) is 53.9. The summed E-state index contributed by atoms with van der Waals surface area (Å²) in [5.41, 5.74) is 1.51. The lowest BCUT2D eigenvalue weighted by atomic mass is 9.84. The number of ether oxygens (including phenoxy) is 4. The van der Waals surface area contributed by atoms with Crippen LogP contribution in [0.2, 0.25) is 0 Å². The number of rotatable bonds is 16. The van der Waals surface area contributed by atoms with Crippen molar-refractivity contribution in [2.75, 3.05) is 20.8 Å². The first-order valence-corrected chi connectivity index (χ1v) is 22.1. The molecule has 57 heavy (non-hydrogen) atoms. The van der Waals surface area contributed by atoms with E-state index in [1.54, 1.807) is 25.2 Å². The van der Waals surface area contributed by atoms with E-state index < -0.39 is 63.0 Å². The average molecular weight is 824 g/mol. The van der Waals surface area contributed by atoms with Gasteiger partial charge in [-0.15, -0.1) is 17.9 Å². The number of nitrogens with zero attached hydrogens (tertiary/aromatic N) is 3. The number of carbonyl (C=O) groups is 3. The fourth-order valence-electron chi connectivity index (χ4n) is 8.17. The van der Waals surface area contributed by atoms with Gasteiger partial charge in [-0.05, 0) is 63.0 Å². The predicted octanol–water partition coefficient (Wildman–Crippen LogP) is 5.24. The van der Waals surface area contributed by atoms with E-state index in [9.17, 15) is 22.8 Å². The molecule has 4 fully saturated rings. The zero-order valence-electron chi connectivity index (χ0n) is 33.6. The number of methoxy groups -OCH3 is 2. The van der Waals surface area contributed by atoms with Gasteiger partial charge in [-0.25, -0.2) is 18.4 Å². The van der Waals surface area contributed by atoms with E-state index in [0.29, 0.717) is 48.4 Å². The monoisotopic (exact) mass is 823 g/mol. The van der Waals surface area contributed by atoms with E-state index in [4.69, 9.17) is 28.9 Å². The molecule has 2 saturated heterocycles. The third kappa shape index (κ3) is 7.89. The molecule has 6 atom stereocenters. The molecule has 4 aliphatic rings. The summed E-state index contributed by atoms with van der Waals surface area (Å²) in [7, 11) is -0.770. The molecular weight excluding hydrogens is 771 g/mol. The molecule has 0 spiro atoms. The average Bonchev–Trinajstić information content (AvgIpc) is 4.07. The molecule has 0 bridgehead atoms. The number of amides is 3. The Bertz CT molecular complexity index is 2170. The van der Waals surface area contributed by atoms with Gasteiger partial charge in [-0.3, -0.25) is 19.1 Å². The van der Waals surface area contributed by atoms with Crippen LogP contribution in [0.25, 0.3) is 21.6 Å². The van der Waals surface area contributed by atoms with Crippen LogP contribution in [-0.2, 0) is 33.9 Å². The van der Waals surface area contributed by atoms with Crippen LogP contribution in [0.4, 0.5) is 0 Å². The SMILES string of the molecule is C=C[C@@H]1C[C@]1(NC(=O)[C@@H]1C[C@@H](Oc2cc(-c3nc(C(C)C)cs3)nc3c(C)c(OCC(OC)OC)ccc23)[C@H]2CCC(C(C)C)C(=O)N21)C(=O)NS(=O)(=O)C1CC1. The molecule has 16 heteroatoms. The number of hydrogen-bond donors (Lipinski definition) is 2. The lowest BCUT2D eigenvalue weighted by molar-refractivity contribution is -0.149. The Balaban J connectivity index is 1.23. The Morgan fingerprint density at radius 3 is 2.44 bits per heavy atom. The number of thiazole rings is 1. The minimum atomic E-state index is -3.86. The van der Waals surface area contributed by atoms with E-state index in [1.807, 2.05) is 44.4 Å². The second-order valence-corrected chi connectivity index (χ2v) is 19.2. The summed E-state index contributed by atoms with van der Waals surface area (Å²) in [5.74, 6) is -0.803. The largest absolute Gasteiger partial charge is 0.488 e. The van der Waals surface area contributed by atoms with Crippen LogP contribution in [0.5, 0.6) is 11.5 Å². The van der Waals surface area contributed by atoms with Crippen LogP contribution in [0.1, 0.15) is 83.4 Å². The summed E-state index contributed by atoms with van der Waals surface area (Å²) >= 11 is 1.49. The molecule has 4 heterocycles. The van der Waals surface area contributed by atoms with Crippen molar-refractivity contribution in [1.82, 2.24) is 24.9 Å². The first-order valence-electron chi connectivity index (χ1n) is 19.7. The highest BCUT2D eigenvalue weighted by molar-refractivity contribution is 7.91. The summed E-state index contributed by atoms with van der Waals surface area (Å²) in [6.45, 7) is 14.1. The summed E-state index contributed by atoms with van der Waals surface area (Å²) < 4.78 is 51.5. The highest BCUT2D eigenvalue weighted by atomic mass is 32.2. The van der Waals surface area contributed by atoms with Crippen LogP contribution in [-0.4, -0.2) is 97.1 Å². The van der Waals surface area contributed by atoms with Gasteiger partial charge in [0.2, 0.25) is 21.8 Å². The minimum Gasteiger partial charge on any atom is -0.488 e. The molecule has 308 valence electrons. The van der Waals surface area contributed by atoms with Crippen molar-refractivity contribution in [1.29, 1.82) is 0 Å². The van der Waals surface area contributed by atoms with Gasteiger partial charge >= 0.3 is 0 Å². The van der Waals surface area contributed by atoms with E-state index in [1.165, 1.54) is 11.3 Å². The maximum absolute atomic E-state index is 14.4. The van der Waals surface area contributed by atoms with Crippen LogP contribution in [0.3, 0.4) is 0 Å². The van der Waals surface area contributed by atoms with Gasteiger partial charge in [0, 0.05) is 54.9 Å². The number of aromatic nitrogens is 2. The number of carbonyl (C=O) groups excluding carboxylic acids is 3. The molecule has 2 aliphatic heterocycles. The van der Waals surface area contributed by atoms with Crippen LogP contribution in [0, 0.1) is 24.7 Å². The lowest BCUT2D eigenvalue weighted by Gasteiger charge is -2.40. The number of benzene rings is 1. The third-order valence-corrected chi connectivity index (χ3v) is 14.6. The van der Waals surface area contributed by atoms with Crippen molar-refractivity contribution in [3.8, 4) is 22.2 Å². The van der Waals surface area contributed by atoms with Crippen LogP contribution < -0.4 is 19.5 Å². The summed E-state index contributed by atoms with van der Waals surface area (Å²) in [5, 5.41) is 5.76. The van der Waals surface area contributed by atoms with Crippen LogP contribution in [0.15, 0.2) is 36.2 Å². The van der Waals surface area contributed by atoms with E-state index in [2.05, 4.69) is 30.5 Å². The second kappa shape index (κ2) is 15.9. The number of aryl methyl sites for hydroxylation is 1. The highest BCUT2D eigenvalue weighted by Gasteiger charge is 2.62. The molecule has 1 unspecified atom stereocenters. The van der Waals surface area contributed by atoms with Crippen molar-refractivity contribution in [3.63, 3.8) is 0 Å². The Morgan fingerprint density at radius 2 is 1.82 bits per heavy atom. The first kappa shape index (κ1) is 41.1. The standard InChI is InChI=1S/C41H53N5O9S2/c1-9-24-18-41(24,40(49)45-57(50,51)25-10-11-25)44-37(47)31-17-34(30-14-12-26(21(2)3)39(48)46(30)31)55-33-16-28(38-43-29(20-56-38)22(4)5)42-36-23(6)32(15-13-27(33)36)54-19-35(52-7)53-8/h9,13,15-16,20-22,24-26,30-31,34-35H,1,10-12,14,17-19H2,2-8H3,(H,44,47)(H,45,49)/t24-,26?,30-,31+,34-,41-/m1/s1. The maximum Gasteiger partial charge on any atom is 0.259 e. The van der Waals surface area contributed by atoms with E-state index in [0.717, 1.165) is 21.7 Å². The van der Waals surface area contributed by atoms with Gasteiger partial charge in [0.25, 0.3) is 5.91 Å². The number of sulfonamides is 1. The minimum absolute atomic E-state index is 0.0450. The molecule has 3 aromatic rings. The number of nitrogens with one attached hydrogen (secondary N) is 2. The predicted molar refractivity (Wildman–Crippen MR) is 215 cm³/mol. The number of hydrogen-bond acceptors (Lipinski definition) is 12. The summed E-state index contributed by atoms with van der Waals surface area (Å²) in [6, 6.07) is 4.22. The van der Waals surface area contributed by atoms with Crippen molar-refractivity contribution in [2.45, 2.75) is 114 Å². The topological polar surface area (TPSA) is 175 Å². The fraction of sp³-hybridized carbons (Fsp3) is 0.585. The van der Waals surface area contributed by atoms with Gasteiger partial charge in [-0.1, -0.05) is 33.8 Å². The quantitative estimate of drug-likeness (QED) is 0.143. The zero-order chi connectivity index (χ0) is 41.0. The smallest absolute Gasteiger partial charge is 0.259 e. The molecule has 1 aromatic carbocycles. The Labute approximate surface area is 338 Å². The van der Waals surface area contributed by atoms with Gasteiger partial charge in [0.05, 0.1) is 22.5 Å². The second-order valence-electron chi connectivity index (χ2n) is 16.4. The normalized spacial score (nSPS) is 25.9. The first-order chi connectivity index (χ1) is 27.1. The molecule has 2 N–H and O–H groups in total. The number of piperidine rings is 1. The molecule has 2 saturated carbocycles. The van der Waals surface area contributed by atoms with Crippen molar-refractivity contribution >= 4 is 50.0 Å². The van der Waals surface area contributed by atoms with Gasteiger partial charge in [-0.2, -0.15) is 0 Å². The maximum atomic E-state index is 14.4. The van der Waals surface area contributed by atoms with Crippen molar-refractivity contribution in [2.24, 2.45) is 17.8 Å². The van der Waals surface area contributed by atoms with Crippen molar-refractivity contribution in [3.05, 3.63) is 47.5 Å².